The molecule has 0 bridgehead atoms. The van der Waals surface area contributed by atoms with Gasteiger partial charge in [0, 0.05) is 0 Å². The number of carbonyl (C=O) groups is 2. The molecule has 0 saturated heterocycles. The molecule has 0 saturated carbocycles. The Balaban J connectivity index is 3.03. The zero-order valence-electron chi connectivity index (χ0n) is 15.3. The molecule has 0 aliphatic heterocycles. The molecule has 140 valence electrons. The number of carbonyl (C=O) groups excluding carboxylic acids is 2. The van der Waals surface area contributed by atoms with Crippen molar-refractivity contribution in [2.45, 2.75) is 51.6 Å². The Morgan fingerprint density at radius 3 is 2.12 bits per heavy atom. The van der Waals surface area contributed by atoms with Gasteiger partial charge in [0.25, 0.3) is 0 Å². The van der Waals surface area contributed by atoms with Gasteiger partial charge in [0.1, 0.15) is 12.1 Å². The molecular weight excluding hydrogens is 342 g/mol. The van der Waals surface area contributed by atoms with Crippen molar-refractivity contribution in [3.63, 3.8) is 0 Å². The summed E-state index contributed by atoms with van der Waals surface area (Å²) in [4.78, 5) is 24.7. The summed E-state index contributed by atoms with van der Waals surface area (Å²) < 4.78 is 10.3. The molecule has 0 aliphatic rings. The van der Waals surface area contributed by atoms with E-state index in [1.54, 1.807) is 13.8 Å². The van der Waals surface area contributed by atoms with Crippen molar-refractivity contribution in [3.05, 3.63) is 35.9 Å². The van der Waals surface area contributed by atoms with Crippen molar-refractivity contribution in [2.75, 3.05) is 13.2 Å². The molecule has 6 heteroatoms. The highest BCUT2D eigenvalue weighted by Crippen LogP contribution is 2.26. The van der Waals surface area contributed by atoms with E-state index in [9.17, 15) is 9.59 Å². The molecule has 0 aromatic heterocycles. The first-order chi connectivity index (χ1) is 11.9. The average Bonchev–Trinajstić information content (AvgIpc) is 2.58. The maximum Gasteiger partial charge on any atom is 0.325 e. The molecule has 0 spiro atoms. The number of ether oxygens (including phenoxy) is 2. The number of esters is 2. The van der Waals surface area contributed by atoms with Gasteiger partial charge in [0.15, 0.2) is 0 Å². The van der Waals surface area contributed by atoms with Gasteiger partial charge in [-0.2, -0.15) is 0 Å². The normalized spacial score (nSPS) is 14.6. The first kappa shape index (κ1) is 21.5. The quantitative estimate of drug-likeness (QED) is 0.505. The lowest BCUT2D eigenvalue weighted by molar-refractivity contribution is -0.149. The number of halogens is 1. The van der Waals surface area contributed by atoms with E-state index < -0.39 is 23.4 Å². The van der Waals surface area contributed by atoms with Crippen LogP contribution in [0.2, 0.25) is 0 Å². The summed E-state index contributed by atoms with van der Waals surface area (Å²) in [5, 5.41) is 2.41. The summed E-state index contributed by atoms with van der Waals surface area (Å²) in [5.74, 6) is -0.623. The highest BCUT2D eigenvalue weighted by Gasteiger charge is 2.34. The van der Waals surface area contributed by atoms with Crippen LogP contribution in [0.4, 0.5) is 0 Å². The molecule has 25 heavy (non-hydrogen) atoms. The summed E-state index contributed by atoms with van der Waals surface area (Å²) >= 11 is 6.55. The lowest BCUT2D eigenvalue weighted by atomic mass is 10.00. The van der Waals surface area contributed by atoms with Crippen LogP contribution in [0.3, 0.4) is 0 Å². The van der Waals surface area contributed by atoms with Crippen molar-refractivity contribution in [1.29, 1.82) is 0 Å². The van der Waals surface area contributed by atoms with Gasteiger partial charge in [-0.3, -0.25) is 14.9 Å². The number of hydrogen-bond donors (Lipinski definition) is 1. The van der Waals surface area contributed by atoms with Crippen LogP contribution in [-0.2, 0) is 19.1 Å². The van der Waals surface area contributed by atoms with E-state index in [0.717, 1.165) is 5.56 Å². The Bertz CT molecular complexity index is 535. The van der Waals surface area contributed by atoms with Crippen molar-refractivity contribution in [1.82, 2.24) is 5.32 Å². The molecule has 0 heterocycles. The fourth-order valence-electron chi connectivity index (χ4n) is 2.50. The average molecular weight is 370 g/mol. The minimum atomic E-state index is -0.850. The van der Waals surface area contributed by atoms with Crippen LogP contribution < -0.4 is 5.32 Å². The molecule has 1 aromatic carbocycles. The third-order valence-electron chi connectivity index (χ3n) is 3.61. The van der Waals surface area contributed by atoms with Crippen LogP contribution in [0.1, 0.15) is 45.1 Å². The second-order valence-corrected chi connectivity index (χ2v) is 6.61. The highest BCUT2D eigenvalue weighted by atomic mass is 35.5. The Hall–Kier alpha value is -1.59. The number of benzene rings is 1. The van der Waals surface area contributed by atoms with E-state index in [1.807, 2.05) is 44.2 Å². The van der Waals surface area contributed by atoms with Gasteiger partial charge in [-0.05, 0) is 31.7 Å². The third kappa shape index (κ3) is 7.04. The summed E-state index contributed by atoms with van der Waals surface area (Å²) in [7, 11) is 0. The second kappa shape index (κ2) is 11.1. The summed E-state index contributed by atoms with van der Waals surface area (Å²) in [5.41, 5.74) is 0.780. The lowest BCUT2D eigenvalue weighted by Crippen LogP contribution is -2.50. The molecule has 0 amide bonds. The molecule has 1 N–H and O–H groups in total. The zero-order valence-corrected chi connectivity index (χ0v) is 16.1. The fourth-order valence-corrected chi connectivity index (χ4v) is 2.82. The maximum absolute atomic E-state index is 12.4. The first-order valence-corrected chi connectivity index (χ1v) is 9.12. The summed E-state index contributed by atoms with van der Waals surface area (Å²) in [6, 6.07) is 7.78. The largest absolute Gasteiger partial charge is 0.465 e. The molecule has 0 fully saturated rings. The number of hydrogen-bond acceptors (Lipinski definition) is 5. The second-order valence-electron chi connectivity index (χ2n) is 6.14. The number of rotatable bonds is 10. The molecule has 3 atom stereocenters. The van der Waals surface area contributed by atoms with Gasteiger partial charge >= 0.3 is 11.9 Å². The standard InChI is InChI=1S/C19H28ClNO4/c1-5-24-18(22)15(12-13(3)4)21-17(19(23)25-6-2)16(20)14-10-8-7-9-11-14/h7-11,13,15-17,21H,5-6,12H2,1-4H3/t15?,16-,17-/m0/s1. The predicted molar refractivity (Wildman–Crippen MR) is 98.5 cm³/mol. The third-order valence-corrected chi connectivity index (χ3v) is 4.11. The fraction of sp³-hybridized carbons (Fsp3) is 0.579. The molecule has 1 rings (SSSR count). The van der Waals surface area contributed by atoms with Crippen molar-refractivity contribution < 1.29 is 19.1 Å². The van der Waals surface area contributed by atoms with Crippen LogP contribution in [0.25, 0.3) is 0 Å². The smallest absolute Gasteiger partial charge is 0.325 e. The Morgan fingerprint density at radius 1 is 1.04 bits per heavy atom. The Morgan fingerprint density at radius 2 is 1.60 bits per heavy atom. The topological polar surface area (TPSA) is 64.6 Å². The highest BCUT2D eigenvalue weighted by molar-refractivity contribution is 6.22. The SMILES string of the molecule is CCOC(=O)C(CC(C)C)N[C@H](C(=O)OCC)[C@@H](Cl)c1ccccc1. The monoisotopic (exact) mass is 369 g/mol. The van der Waals surface area contributed by atoms with Gasteiger partial charge < -0.3 is 9.47 Å². The Kier molecular flexibility index (Phi) is 9.53. The van der Waals surface area contributed by atoms with Gasteiger partial charge in [0.2, 0.25) is 0 Å². The van der Waals surface area contributed by atoms with E-state index in [1.165, 1.54) is 0 Å². The maximum atomic E-state index is 12.4. The molecular formula is C19H28ClNO4. The Labute approximate surface area is 155 Å². The van der Waals surface area contributed by atoms with Crippen molar-refractivity contribution >= 4 is 23.5 Å². The van der Waals surface area contributed by atoms with Crippen LogP contribution in [0.15, 0.2) is 30.3 Å². The van der Waals surface area contributed by atoms with Gasteiger partial charge in [-0.15, -0.1) is 11.6 Å². The van der Waals surface area contributed by atoms with Crippen LogP contribution >= 0.6 is 11.6 Å². The minimum absolute atomic E-state index is 0.240. The predicted octanol–water partition coefficient (Wildman–Crippen LogP) is 3.47. The summed E-state index contributed by atoms with van der Waals surface area (Å²) in [6.07, 6.45) is 0.535. The van der Waals surface area contributed by atoms with E-state index >= 15 is 0 Å². The first-order valence-electron chi connectivity index (χ1n) is 8.68. The van der Waals surface area contributed by atoms with Crippen LogP contribution in [-0.4, -0.2) is 37.2 Å². The number of alkyl halides is 1. The molecule has 0 aliphatic carbocycles. The van der Waals surface area contributed by atoms with Crippen molar-refractivity contribution in [2.24, 2.45) is 5.92 Å². The van der Waals surface area contributed by atoms with E-state index in [4.69, 9.17) is 21.1 Å². The number of nitrogens with one attached hydrogen (secondary N) is 1. The van der Waals surface area contributed by atoms with Crippen LogP contribution in [0.5, 0.6) is 0 Å². The minimum Gasteiger partial charge on any atom is -0.465 e. The lowest BCUT2D eigenvalue weighted by Gasteiger charge is -2.27. The van der Waals surface area contributed by atoms with Gasteiger partial charge in [0.05, 0.1) is 18.6 Å². The summed E-state index contributed by atoms with van der Waals surface area (Å²) in [6.45, 7) is 8.01. The molecule has 5 nitrogen and oxygen atoms in total. The van der Waals surface area contributed by atoms with Gasteiger partial charge in [-0.1, -0.05) is 44.2 Å². The molecule has 1 aromatic rings. The van der Waals surface area contributed by atoms with Crippen molar-refractivity contribution in [3.8, 4) is 0 Å². The molecule has 1 unspecified atom stereocenters. The van der Waals surface area contributed by atoms with Crippen LogP contribution in [0, 0.1) is 5.92 Å². The zero-order chi connectivity index (χ0) is 18.8. The van der Waals surface area contributed by atoms with E-state index in [2.05, 4.69) is 5.32 Å². The van der Waals surface area contributed by atoms with E-state index in [-0.39, 0.29) is 25.1 Å². The van der Waals surface area contributed by atoms with Gasteiger partial charge in [-0.25, -0.2) is 0 Å². The van der Waals surface area contributed by atoms with E-state index in [0.29, 0.717) is 6.42 Å². The molecule has 0 radical (unpaired) electrons.